The average Bonchev–Trinajstić information content (AvgIpc) is 2.93. The molecule has 104 valence electrons. The molecule has 5 heteroatoms. The highest BCUT2D eigenvalue weighted by Crippen LogP contribution is 2.19. The third-order valence-corrected chi connectivity index (χ3v) is 3.09. The minimum Gasteiger partial charge on any atom is -0.491 e. The summed E-state index contributed by atoms with van der Waals surface area (Å²) in [7, 11) is 1.63. The van der Waals surface area contributed by atoms with Gasteiger partial charge in [0.2, 0.25) is 5.91 Å². The van der Waals surface area contributed by atoms with E-state index in [2.05, 4.69) is 10.6 Å². The van der Waals surface area contributed by atoms with Crippen LogP contribution < -0.4 is 15.4 Å². The summed E-state index contributed by atoms with van der Waals surface area (Å²) in [5.41, 5.74) is 0.770. The third-order valence-electron chi connectivity index (χ3n) is 3.09. The standard InChI is InChI=1S/C14H20N2O3/c1-18-7-8-19-13-4-2-3-12(9-13)16-14(17)11-5-6-15-10-11/h2-4,9,11,15H,5-8,10H2,1H3,(H,16,17)/t11-/m0/s1. The van der Waals surface area contributed by atoms with Crippen LogP contribution >= 0.6 is 0 Å². The second-order valence-corrected chi connectivity index (χ2v) is 4.55. The van der Waals surface area contributed by atoms with Crippen LogP contribution in [0.2, 0.25) is 0 Å². The Kier molecular flexibility index (Phi) is 5.18. The maximum absolute atomic E-state index is 12.0. The smallest absolute Gasteiger partial charge is 0.228 e. The molecule has 0 bridgehead atoms. The fourth-order valence-corrected chi connectivity index (χ4v) is 2.03. The van der Waals surface area contributed by atoms with E-state index in [9.17, 15) is 4.79 Å². The Morgan fingerprint density at radius 1 is 1.47 bits per heavy atom. The first kappa shape index (κ1) is 13.8. The van der Waals surface area contributed by atoms with E-state index in [1.807, 2.05) is 24.3 Å². The molecule has 1 heterocycles. The summed E-state index contributed by atoms with van der Waals surface area (Å²) in [5.74, 6) is 0.872. The van der Waals surface area contributed by atoms with Gasteiger partial charge in [0.1, 0.15) is 12.4 Å². The van der Waals surface area contributed by atoms with Crippen LogP contribution in [-0.2, 0) is 9.53 Å². The van der Waals surface area contributed by atoms with Gasteiger partial charge in [-0.15, -0.1) is 0 Å². The number of nitrogens with one attached hydrogen (secondary N) is 2. The second-order valence-electron chi connectivity index (χ2n) is 4.55. The molecule has 2 rings (SSSR count). The molecule has 1 aromatic rings. The van der Waals surface area contributed by atoms with E-state index >= 15 is 0 Å². The van der Waals surface area contributed by atoms with Gasteiger partial charge < -0.3 is 20.1 Å². The Bertz CT molecular complexity index is 417. The van der Waals surface area contributed by atoms with Crippen LogP contribution in [-0.4, -0.2) is 39.3 Å². The van der Waals surface area contributed by atoms with Gasteiger partial charge in [-0.05, 0) is 25.1 Å². The predicted molar refractivity (Wildman–Crippen MR) is 73.4 cm³/mol. The van der Waals surface area contributed by atoms with E-state index in [0.29, 0.717) is 13.2 Å². The number of hydrogen-bond acceptors (Lipinski definition) is 4. The van der Waals surface area contributed by atoms with Crippen molar-refractivity contribution in [3.8, 4) is 5.75 Å². The number of anilines is 1. The zero-order valence-electron chi connectivity index (χ0n) is 11.1. The highest BCUT2D eigenvalue weighted by Gasteiger charge is 2.22. The first-order valence-corrected chi connectivity index (χ1v) is 6.53. The van der Waals surface area contributed by atoms with Crippen molar-refractivity contribution in [2.75, 3.05) is 38.7 Å². The molecule has 0 radical (unpaired) electrons. The first-order valence-electron chi connectivity index (χ1n) is 6.53. The van der Waals surface area contributed by atoms with E-state index in [1.165, 1.54) is 0 Å². The second kappa shape index (κ2) is 7.11. The molecule has 0 unspecified atom stereocenters. The molecule has 0 spiro atoms. The van der Waals surface area contributed by atoms with Crippen molar-refractivity contribution >= 4 is 11.6 Å². The average molecular weight is 264 g/mol. The molecular formula is C14H20N2O3. The predicted octanol–water partition coefficient (Wildman–Crippen LogP) is 1.26. The number of amides is 1. The number of hydrogen-bond donors (Lipinski definition) is 2. The maximum Gasteiger partial charge on any atom is 0.228 e. The number of carbonyl (C=O) groups is 1. The van der Waals surface area contributed by atoms with Gasteiger partial charge in [0.15, 0.2) is 0 Å². The molecular weight excluding hydrogens is 244 g/mol. The van der Waals surface area contributed by atoms with Gasteiger partial charge in [-0.3, -0.25) is 4.79 Å². The largest absolute Gasteiger partial charge is 0.491 e. The monoisotopic (exact) mass is 264 g/mol. The molecule has 1 saturated heterocycles. The fourth-order valence-electron chi connectivity index (χ4n) is 2.03. The lowest BCUT2D eigenvalue weighted by Gasteiger charge is -2.11. The number of carbonyl (C=O) groups excluding carboxylic acids is 1. The van der Waals surface area contributed by atoms with E-state index in [1.54, 1.807) is 7.11 Å². The van der Waals surface area contributed by atoms with Crippen LogP contribution in [0.4, 0.5) is 5.69 Å². The lowest BCUT2D eigenvalue weighted by atomic mass is 10.1. The Morgan fingerprint density at radius 2 is 2.37 bits per heavy atom. The summed E-state index contributed by atoms with van der Waals surface area (Å²) in [4.78, 5) is 12.0. The molecule has 19 heavy (non-hydrogen) atoms. The molecule has 0 aromatic heterocycles. The Hall–Kier alpha value is -1.59. The number of benzene rings is 1. The van der Waals surface area contributed by atoms with Gasteiger partial charge >= 0.3 is 0 Å². The van der Waals surface area contributed by atoms with Crippen LogP contribution in [0.1, 0.15) is 6.42 Å². The fraction of sp³-hybridized carbons (Fsp3) is 0.500. The Balaban J connectivity index is 1.88. The van der Waals surface area contributed by atoms with Crippen molar-refractivity contribution in [2.45, 2.75) is 6.42 Å². The van der Waals surface area contributed by atoms with Gasteiger partial charge in [0.25, 0.3) is 0 Å². The SMILES string of the molecule is COCCOc1cccc(NC(=O)[C@H]2CCNC2)c1. The van der Waals surface area contributed by atoms with E-state index in [-0.39, 0.29) is 11.8 Å². The minimum atomic E-state index is 0.0677. The van der Waals surface area contributed by atoms with Crippen LogP contribution in [0.25, 0.3) is 0 Å². The van der Waals surface area contributed by atoms with Crippen molar-refractivity contribution in [3.05, 3.63) is 24.3 Å². The zero-order chi connectivity index (χ0) is 13.5. The van der Waals surface area contributed by atoms with Crippen LogP contribution in [0.3, 0.4) is 0 Å². The van der Waals surface area contributed by atoms with Crippen LogP contribution in [0, 0.1) is 5.92 Å². The number of methoxy groups -OCH3 is 1. The van der Waals surface area contributed by atoms with Gasteiger partial charge in [-0.25, -0.2) is 0 Å². The molecule has 1 amide bonds. The van der Waals surface area contributed by atoms with E-state index in [0.717, 1.165) is 30.9 Å². The molecule has 0 aliphatic carbocycles. The maximum atomic E-state index is 12.0. The molecule has 0 saturated carbocycles. The minimum absolute atomic E-state index is 0.0677. The lowest BCUT2D eigenvalue weighted by molar-refractivity contribution is -0.119. The van der Waals surface area contributed by atoms with E-state index < -0.39 is 0 Å². The summed E-state index contributed by atoms with van der Waals surface area (Å²) in [6.07, 6.45) is 0.899. The summed E-state index contributed by atoms with van der Waals surface area (Å²) < 4.78 is 10.4. The number of rotatable bonds is 6. The lowest BCUT2D eigenvalue weighted by Crippen LogP contribution is -2.24. The third kappa shape index (κ3) is 4.22. The number of ether oxygens (including phenoxy) is 2. The zero-order valence-corrected chi connectivity index (χ0v) is 11.1. The Labute approximate surface area is 113 Å². The van der Waals surface area contributed by atoms with Crippen molar-refractivity contribution in [3.63, 3.8) is 0 Å². The van der Waals surface area contributed by atoms with Gasteiger partial charge in [-0.2, -0.15) is 0 Å². The topological polar surface area (TPSA) is 59.6 Å². The van der Waals surface area contributed by atoms with Crippen LogP contribution in [0.15, 0.2) is 24.3 Å². The summed E-state index contributed by atoms with van der Waals surface area (Å²) in [6, 6.07) is 7.42. The van der Waals surface area contributed by atoms with Gasteiger partial charge in [-0.1, -0.05) is 6.07 Å². The van der Waals surface area contributed by atoms with Crippen molar-refractivity contribution in [2.24, 2.45) is 5.92 Å². The molecule has 1 atom stereocenters. The molecule has 1 aliphatic heterocycles. The molecule has 1 aromatic carbocycles. The normalized spacial score (nSPS) is 18.3. The molecule has 2 N–H and O–H groups in total. The van der Waals surface area contributed by atoms with Crippen LogP contribution in [0.5, 0.6) is 5.75 Å². The highest BCUT2D eigenvalue weighted by molar-refractivity contribution is 5.93. The molecule has 1 aliphatic rings. The van der Waals surface area contributed by atoms with E-state index in [4.69, 9.17) is 9.47 Å². The quantitative estimate of drug-likeness (QED) is 0.759. The van der Waals surface area contributed by atoms with Crippen molar-refractivity contribution in [1.82, 2.24) is 5.32 Å². The van der Waals surface area contributed by atoms with Gasteiger partial charge in [0.05, 0.1) is 12.5 Å². The highest BCUT2D eigenvalue weighted by atomic mass is 16.5. The first-order chi connectivity index (χ1) is 9.29. The summed E-state index contributed by atoms with van der Waals surface area (Å²) in [5, 5.41) is 6.11. The van der Waals surface area contributed by atoms with Crippen molar-refractivity contribution < 1.29 is 14.3 Å². The summed E-state index contributed by atoms with van der Waals surface area (Å²) in [6.45, 7) is 2.72. The molecule has 1 fully saturated rings. The molecule has 5 nitrogen and oxygen atoms in total. The van der Waals surface area contributed by atoms with Gasteiger partial charge in [0, 0.05) is 25.4 Å². The Morgan fingerprint density at radius 3 is 3.11 bits per heavy atom. The van der Waals surface area contributed by atoms with Crippen molar-refractivity contribution in [1.29, 1.82) is 0 Å². The summed E-state index contributed by atoms with van der Waals surface area (Å²) >= 11 is 0.